The van der Waals surface area contributed by atoms with Gasteiger partial charge >= 0.3 is 0 Å². The van der Waals surface area contributed by atoms with Crippen LogP contribution in [0, 0.1) is 13.8 Å². The number of nitrogens with zero attached hydrogens (tertiary/aromatic N) is 3. The lowest BCUT2D eigenvalue weighted by atomic mass is 10.1. The zero-order valence-electron chi connectivity index (χ0n) is 14.2. The lowest BCUT2D eigenvalue weighted by Gasteiger charge is -2.06. The van der Waals surface area contributed by atoms with Crippen molar-refractivity contribution in [2.75, 3.05) is 6.54 Å². The summed E-state index contributed by atoms with van der Waals surface area (Å²) in [5.41, 5.74) is 4.15. The Hall–Kier alpha value is -2.66. The van der Waals surface area contributed by atoms with E-state index in [9.17, 15) is 4.79 Å². The molecule has 0 aliphatic rings. The number of aryl methyl sites for hydroxylation is 1. The zero-order chi connectivity index (χ0) is 17.8. The Balaban J connectivity index is 1.67. The van der Waals surface area contributed by atoms with Crippen LogP contribution in [0.3, 0.4) is 0 Å². The fourth-order valence-corrected chi connectivity index (χ4v) is 2.85. The van der Waals surface area contributed by atoms with E-state index in [4.69, 9.17) is 11.6 Å². The predicted molar refractivity (Wildman–Crippen MR) is 98.3 cm³/mol. The van der Waals surface area contributed by atoms with Gasteiger partial charge in [-0.05, 0) is 55.7 Å². The number of nitrogens with one attached hydrogen (secondary N) is 1. The molecule has 2 aromatic carbocycles. The molecule has 128 valence electrons. The minimum atomic E-state index is -0.224. The summed E-state index contributed by atoms with van der Waals surface area (Å²) in [6, 6.07) is 15.5. The van der Waals surface area contributed by atoms with Gasteiger partial charge in [-0.25, -0.2) is 4.68 Å². The summed E-state index contributed by atoms with van der Waals surface area (Å²) < 4.78 is 1.68. The molecule has 0 atom stereocenters. The average molecular weight is 355 g/mol. The molecule has 1 heterocycles. The van der Waals surface area contributed by atoms with E-state index < -0.39 is 0 Å². The van der Waals surface area contributed by atoms with Crippen LogP contribution in [0.15, 0.2) is 48.5 Å². The summed E-state index contributed by atoms with van der Waals surface area (Å²) in [6.07, 6.45) is 0.706. The van der Waals surface area contributed by atoms with Crippen molar-refractivity contribution in [2.45, 2.75) is 20.3 Å². The molecule has 6 heteroatoms. The van der Waals surface area contributed by atoms with Crippen LogP contribution in [-0.2, 0) is 6.42 Å². The van der Waals surface area contributed by atoms with Gasteiger partial charge in [0.1, 0.15) is 0 Å². The zero-order valence-corrected chi connectivity index (χ0v) is 14.9. The molecular weight excluding hydrogens is 336 g/mol. The summed E-state index contributed by atoms with van der Waals surface area (Å²) in [6.45, 7) is 4.36. The van der Waals surface area contributed by atoms with Gasteiger partial charge in [-0.2, -0.15) is 0 Å². The molecule has 3 aromatic rings. The summed E-state index contributed by atoms with van der Waals surface area (Å²) in [7, 11) is 0. The van der Waals surface area contributed by atoms with Crippen LogP contribution in [0.2, 0.25) is 5.02 Å². The minimum absolute atomic E-state index is 0.224. The van der Waals surface area contributed by atoms with Crippen molar-refractivity contribution in [3.63, 3.8) is 0 Å². The molecular formula is C19H19ClN4O. The van der Waals surface area contributed by atoms with Crippen molar-refractivity contribution < 1.29 is 4.79 Å². The van der Waals surface area contributed by atoms with Crippen molar-refractivity contribution >= 4 is 17.5 Å². The molecule has 0 unspecified atom stereocenters. The number of carbonyl (C=O) groups excluding carboxylic acids is 1. The lowest BCUT2D eigenvalue weighted by molar-refractivity contribution is 0.0948. The van der Waals surface area contributed by atoms with Crippen LogP contribution < -0.4 is 5.32 Å². The van der Waals surface area contributed by atoms with Crippen LogP contribution in [-0.4, -0.2) is 27.4 Å². The van der Waals surface area contributed by atoms with E-state index in [2.05, 4.69) is 15.6 Å². The summed E-state index contributed by atoms with van der Waals surface area (Å²) in [5.74, 6) is -0.224. The Morgan fingerprint density at radius 1 is 1.16 bits per heavy atom. The third-order valence-corrected chi connectivity index (χ3v) is 4.18. The summed E-state index contributed by atoms with van der Waals surface area (Å²) >= 11 is 5.97. The van der Waals surface area contributed by atoms with Crippen molar-refractivity contribution in [1.82, 2.24) is 20.3 Å². The second-order valence-electron chi connectivity index (χ2n) is 5.91. The highest BCUT2D eigenvalue weighted by Gasteiger charge is 2.17. The first-order valence-corrected chi connectivity index (χ1v) is 8.44. The Bertz CT molecular complexity index is 904. The number of benzene rings is 2. The quantitative estimate of drug-likeness (QED) is 0.762. The van der Waals surface area contributed by atoms with Crippen LogP contribution in [0.4, 0.5) is 0 Å². The monoisotopic (exact) mass is 354 g/mol. The third kappa shape index (κ3) is 4.06. The van der Waals surface area contributed by atoms with E-state index in [1.807, 2.05) is 62.4 Å². The van der Waals surface area contributed by atoms with Crippen molar-refractivity contribution in [1.29, 1.82) is 0 Å². The van der Waals surface area contributed by atoms with E-state index >= 15 is 0 Å². The fraction of sp³-hybridized carbons (Fsp3) is 0.211. The molecule has 0 bridgehead atoms. The Kier molecular flexibility index (Phi) is 5.14. The highest BCUT2D eigenvalue weighted by Crippen LogP contribution is 2.14. The van der Waals surface area contributed by atoms with E-state index in [0.717, 1.165) is 16.8 Å². The van der Waals surface area contributed by atoms with Crippen molar-refractivity contribution in [2.24, 2.45) is 0 Å². The number of hydrogen-bond acceptors (Lipinski definition) is 3. The molecule has 1 amide bonds. The minimum Gasteiger partial charge on any atom is -0.350 e. The van der Waals surface area contributed by atoms with E-state index in [0.29, 0.717) is 29.4 Å². The van der Waals surface area contributed by atoms with Crippen LogP contribution in [0.25, 0.3) is 5.69 Å². The number of halogens is 1. The predicted octanol–water partition coefficient (Wildman–Crippen LogP) is 3.51. The maximum Gasteiger partial charge on any atom is 0.273 e. The molecule has 0 fully saturated rings. The van der Waals surface area contributed by atoms with Gasteiger partial charge in [0.2, 0.25) is 0 Å². The van der Waals surface area contributed by atoms with Crippen LogP contribution in [0.1, 0.15) is 27.3 Å². The van der Waals surface area contributed by atoms with Crippen molar-refractivity contribution in [3.05, 3.63) is 76.1 Å². The molecule has 3 rings (SSSR count). The van der Waals surface area contributed by atoms with Gasteiger partial charge in [0.05, 0.1) is 11.4 Å². The molecule has 1 aromatic heterocycles. The lowest BCUT2D eigenvalue weighted by Crippen LogP contribution is -2.26. The number of rotatable bonds is 5. The van der Waals surface area contributed by atoms with Gasteiger partial charge in [-0.15, -0.1) is 5.10 Å². The fourth-order valence-electron chi connectivity index (χ4n) is 2.64. The van der Waals surface area contributed by atoms with E-state index in [1.54, 1.807) is 4.68 Å². The Morgan fingerprint density at radius 3 is 2.72 bits per heavy atom. The Morgan fingerprint density at radius 2 is 1.96 bits per heavy atom. The molecule has 5 nitrogen and oxygen atoms in total. The molecule has 0 spiro atoms. The second kappa shape index (κ2) is 7.49. The van der Waals surface area contributed by atoms with Crippen molar-refractivity contribution in [3.8, 4) is 5.69 Å². The summed E-state index contributed by atoms with van der Waals surface area (Å²) in [4.78, 5) is 12.4. The second-order valence-corrected chi connectivity index (χ2v) is 6.35. The molecule has 1 N–H and O–H groups in total. The van der Waals surface area contributed by atoms with Crippen LogP contribution >= 0.6 is 11.6 Å². The number of hydrogen-bond donors (Lipinski definition) is 1. The maximum absolute atomic E-state index is 12.4. The van der Waals surface area contributed by atoms with Gasteiger partial charge < -0.3 is 5.32 Å². The molecule has 0 saturated carbocycles. The molecule has 0 aliphatic heterocycles. The average Bonchev–Trinajstić information content (AvgIpc) is 2.96. The maximum atomic E-state index is 12.4. The molecule has 0 saturated heterocycles. The largest absolute Gasteiger partial charge is 0.350 e. The van der Waals surface area contributed by atoms with Gasteiger partial charge in [-0.3, -0.25) is 4.79 Å². The van der Waals surface area contributed by atoms with Gasteiger partial charge in [-0.1, -0.05) is 41.1 Å². The summed E-state index contributed by atoms with van der Waals surface area (Å²) in [5, 5.41) is 11.7. The van der Waals surface area contributed by atoms with E-state index in [1.165, 1.54) is 0 Å². The standard InChI is InChI=1S/C19H19ClN4O/c1-13-5-3-8-17(11-13)24-14(2)18(22-23-24)19(25)21-10-9-15-6-4-7-16(20)12-15/h3-8,11-12H,9-10H2,1-2H3,(H,21,25). The first-order chi connectivity index (χ1) is 12.0. The normalized spacial score (nSPS) is 10.7. The Labute approximate surface area is 151 Å². The highest BCUT2D eigenvalue weighted by molar-refractivity contribution is 6.30. The number of aromatic nitrogens is 3. The SMILES string of the molecule is Cc1cccc(-n2nnc(C(=O)NCCc3cccc(Cl)c3)c2C)c1. The molecule has 25 heavy (non-hydrogen) atoms. The smallest absolute Gasteiger partial charge is 0.273 e. The number of carbonyl (C=O) groups is 1. The topological polar surface area (TPSA) is 59.8 Å². The van der Waals surface area contributed by atoms with Crippen LogP contribution in [0.5, 0.6) is 0 Å². The highest BCUT2D eigenvalue weighted by atomic mass is 35.5. The van der Waals surface area contributed by atoms with Gasteiger partial charge in [0.15, 0.2) is 5.69 Å². The molecule has 0 aliphatic carbocycles. The third-order valence-electron chi connectivity index (χ3n) is 3.94. The first kappa shape index (κ1) is 17.2. The van der Waals surface area contributed by atoms with Gasteiger partial charge in [0, 0.05) is 11.6 Å². The van der Waals surface area contributed by atoms with E-state index in [-0.39, 0.29) is 5.91 Å². The molecule has 0 radical (unpaired) electrons. The van der Waals surface area contributed by atoms with Gasteiger partial charge in [0.25, 0.3) is 5.91 Å². The first-order valence-electron chi connectivity index (χ1n) is 8.06. The number of amides is 1.